The van der Waals surface area contributed by atoms with Gasteiger partial charge in [-0.15, -0.1) is 0 Å². The predicted molar refractivity (Wildman–Crippen MR) is 100 cm³/mol. The summed E-state index contributed by atoms with van der Waals surface area (Å²) in [6.07, 6.45) is -0.585. The molecule has 2 rings (SSSR count). The summed E-state index contributed by atoms with van der Waals surface area (Å²) >= 11 is 0. The molecule has 0 N–H and O–H groups in total. The summed E-state index contributed by atoms with van der Waals surface area (Å²) in [6.45, 7) is 16.3. The maximum absolute atomic E-state index is 11.6. The van der Waals surface area contributed by atoms with Gasteiger partial charge < -0.3 is 18.3 Å². The Morgan fingerprint density at radius 3 is 2.08 bits per heavy atom. The first-order valence-electron chi connectivity index (χ1n) is 9.41. The van der Waals surface area contributed by atoms with E-state index in [0.717, 1.165) is 0 Å². The van der Waals surface area contributed by atoms with E-state index < -0.39 is 20.8 Å². The Morgan fingerprint density at radius 1 is 1.04 bits per heavy atom. The van der Waals surface area contributed by atoms with Crippen molar-refractivity contribution in [2.24, 2.45) is 0 Å². The molecule has 2 saturated heterocycles. The molecule has 0 spiro atoms. The minimum Gasteiger partial charge on any atom is -0.460 e. The van der Waals surface area contributed by atoms with Gasteiger partial charge in [0.15, 0.2) is 0 Å². The Bertz CT molecular complexity index is 533. The van der Waals surface area contributed by atoms with Crippen LogP contribution in [0.1, 0.15) is 68.2 Å². The fourth-order valence-corrected chi connectivity index (χ4v) is 9.33. The van der Waals surface area contributed by atoms with Crippen molar-refractivity contribution < 1.29 is 27.9 Å². The van der Waals surface area contributed by atoms with Gasteiger partial charge in [-0.2, -0.15) is 0 Å². The SMILES string of the molecule is CC(=O)C[C@@H]1O[C@@H]2CO[Si](C(C)(C)C)(C(C)(C)C)O[C@H]2C[C@H]1OC(C)=O. The average Bonchev–Trinajstić information content (AvgIpc) is 2.43. The molecule has 0 radical (unpaired) electrons. The molecular formula is C19H34O6Si. The topological polar surface area (TPSA) is 71.1 Å². The van der Waals surface area contributed by atoms with Crippen LogP contribution in [-0.2, 0) is 27.9 Å². The van der Waals surface area contributed by atoms with E-state index >= 15 is 0 Å². The Morgan fingerprint density at radius 2 is 1.62 bits per heavy atom. The van der Waals surface area contributed by atoms with Crippen molar-refractivity contribution in [3.8, 4) is 0 Å². The second kappa shape index (κ2) is 7.34. The van der Waals surface area contributed by atoms with Gasteiger partial charge in [0.1, 0.15) is 24.1 Å². The van der Waals surface area contributed by atoms with E-state index in [1.54, 1.807) is 0 Å². The molecule has 7 heteroatoms. The molecule has 0 aromatic heterocycles. The van der Waals surface area contributed by atoms with Crippen LogP contribution < -0.4 is 0 Å². The van der Waals surface area contributed by atoms with Gasteiger partial charge in [-0.1, -0.05) is 41.5 Å². The highest BCUT2D eigenvalue weighted by Gasteiger charge is 2.63. The number of hydrogen-bond acceptors (Lipinski definition) is 6. The quantitative estimate of drug-likeness (QED) is 0.546. The minimum atomic E-state index is -2.61. The normalized spacial score (nSPS) is 31.8. The number of hydrogen-bond donors (Lipinski definition) is 0. The predicted octanol–water partition coefficient (Wildman–Crippen LogP) is 3.51. The summed E-state index contributed by atoms with van der Waals surface area (Å²) in [6, 6.07) is 0. The van der Waals surface area contributed by atoms with Crippen LogP contribution in [0, 0.1) is 0 Å². The lowest BCUT2D eigenvalue weighted by molar-refractivity contribution is -0.211. The van der Waals surface area contributed by atoms with Crippen LogP contribution in [0.4, 0.5) is 0 Å². The molecule has 0 aromatic carbocycles. The smallest absolute Gasteiger partial charge is 0.349 e. The second-order valence-electron chi connectivity index (χ2n) is 9.59. The number of ketones is 1. The molecule has 150 valence electrons. The third kappa shape index (κ3) is 4.21. The summed E-state index contributed by atoms with van der Waals surface area (Å²) in [5.74, 6) is -0.357. The Kier molecular flexibility index (Phi) is 6.08. The molecule has 0 amide bonds. The van der Waals surface area contributed by atoms with Crippen LogP contribution in [0.2, 0.25) is 10.1 Å². The lowest BCUT2D eigenvalue weighted by atomic mass is 9.95. The fourth-order valence-electron chi connectivity index (χ4n) is 4.36. The Hall–Kier alpha value is -0.763. The van der Waals surface area contributed by atoms with Crippen LogP contribution >= 0.6 is 0 Å². The van der Waals surface area contributed by atoms with Gasteiger partial charge in [-0.3, -0.25) is 9.59 Å². The third-order valence-corrected chi connectivity index (χ3v) is 10.3. The summed E-state index contributed by atoms with van der Waals surface area (Å²) in [4.78, 5) is 23.1. The van der Waals surface area contributed by atoms with Gasteiger partial charge in [0.2, 0.25) is 0 Å². The summed E-state index contributed by atoms with van der Waals surface area (Å²) in [5.41, 5.74) is 0. The maximum atomic E-state index is 11.6. The van der Waals surface area contributed by atoms with Crippen molar-refractivity contribution in [1.29, 1.82) is 0 Å². The number of ether oxygens (including phenoxy) is 2. The van der Waals surface area contributed by atoms with E-state index in [1.165, 1.54) is 13.8 Å². The fraction of sp³-hybridized carbons (Fsp3) is 0.895. The molecule has 2 fully saturated rings. The Labute approximate surface area is 158 Å². The van der Waals surface area contributed by atoms with E-state index in [1.807, 2.05) is 0 Å². The molecule has 0 aromatic rings. The van der Waals surface area contributed by atoms with E-state index in [0.29, 0.717) is 13.0 Å². The first-order chi connectivity index (χ1) is 11.8. The van der Waals surface area contributed by atoms with E-state index in [9.17, 15) is 9.59 Å². The molecule has 6 nitrogen and oxygen atoms in total. The van der Waals surface area contributed by atoms with Gasteiger partial charge in [0.05, 0.1) is 12.7 Å². The molecule has 0 unspecified atom stereocenters. The highest BCUT2D eigenvalue weighted by atomic mass is 28.4. The van der Waals surface area contributed by atoms with Gasteiger partial charge in [0.25, 0.3) is 0 Å². The van der Waals surface area contributed by atoms with Crippen molar-refractivity contribution in [1.82, 2.24) is 0 Å². The van der Waals surface area contributed by atoms with Crippen LogP contribution in [0.5, 0.6) is 0 Å². The van der Waals surface area contributed by atoms with Crippen LogP contribution in [0.25, 0.3) is 0 Å². The van der Waals surface area contributed by atoms with E-state index in [2.05, 4.69) is 41.5 Å². The van der Waals surface area contributed by atoms with Gasteiger partial charge in [-0.25, -0.2) is 0 Å². The molecule has 0 aliphatic carbocycles. The van der Waals surface area contributed by atoms with Crippen LogP contribution in [0.15, 0.2) is 0 Å². The zero-order valence-corrected chi connectivity index (χ0v) is 18.4. The lowest BCUT2D eigenvalue weighted by Crippen LogP contribution is -2.67. The molecule has 4 atom stereocenters. The molecule has 2 aliphatic heterocycles. The number of esters is 1. The lowest BCUT2D eigenvalue weighted by Gasteiger charge is -2.56. The first-order valence-corrected chi connectivity index (χ1v) is 11.2. The highest BCUT2D eigenvalue weighted by molar-refractivity contribution is 6.73. The zero-order valence-electron chi connectivity index (χ0n) is 17.4. The van der Waals surface area contributed by atoms with Gasteiger partial charge >= 0.3 is 14.5 Å². The van der Waals surface area contributed by atoms with Crippen LogP contribution in [-0.4, -0.2) is 51.3 Å². The number of fused-ring (bicyclic) bond motifs is 1. The standard InChI is InChI=1S/C19H34O6Si/c1-12(20)9-14-15(23-13(2)21)10-16-17(24-14)11-22-26(25-16,18(3,4)5)19(6,7)8/h14-17H,9-11H2,1-8H3/t14-,15+,16-,17+/m0/s1. The maximum Gasteiger partial charge on any atom is 0.349 e. The molecular weight excluding hydrogens is 352 g/mol. The first kappa shape index (κ1) is 21.5. The third-order valence-electron chi connectivity index (χ3n) is 5.19. The van der Waals surface area contributed by atoms with Crippen molar-refractivity contribution in [2.45, 2.75) is 103 Å². The highest BCUT2D eigenvalue weighted by Crippen LogP contribution is 2.55. The van der Waals surface area contributed by atoms with Crippen molar-refractivity contribution >= 4 is 20.3 Å². The molecule has 0 bridgehead atoms. The molecule has 2 aliphatic rings. The van der Waals surface area contributed by atoms with Crippen molar-refractivity contribution in [3.05, 3.63) is 0 Å². The average molecular weight is 387 g/mol. The number of rotatable bonds is 3. The Balaban J connectivity index is 2.27. The van der Waals surface area contributed by atoms with Gasteiger partial charge in [-0.05, 0) is 6.92 Å². The largest absolute Gasteiger partial charge is 0.460 e. The number of carbonyl (C=O) groups is 2. The van der Waals surface area contributed by atoms with Crippen LogP contribution in [0.3, 0.4) is 0 Å². The summed E-state index contributed by atoms with van der Waals surface area (Å²) < 4.78 is 24.7. The van der Waals surface area contributed by atoms with Crippen molar-refractivity contribution in [3.63, 3.8) is 0 Å². The molecule has 26 heavy (non-hydrogen) atoms. The zero-order chi connectivity index (χ0) is 19.9. The number of carbonyl (C=O) groups excluding carboxylic acids is 2. The molecule has 2 heterocycles. The monoisotopic (exact) mass is 386 g/mol. The van der Waals surface area contributed by atoms with Gasteiger partial charge in [0, 0.05) is 29.8 Å². The summed E-state index contributed by atoms with van der Waals surface area (Å²) in [5, 5.41) is -0.243. The van der Waals surface area contributed by atoms with Crippen molar-refractivity contribution in [2.75, 3.05) is 6.61 Å². The van der Waals surface area contributed by atoms with E-state index in [-0.39, 0.29) is 40.5 Å². The summed E-state index contributed by atoms with van der Waals surface area (Å²) in [7, 11) is -2.61. The number of Topliss-reactive ketones (excluding diaryl/α,β-unsaturated/α-hetero) is 1. The minimum absolute atomic E-state index is 0.0105. The molecule has 0 saturated carbocycles. The van der Waals surface area contributed by atoms with E-state index in [4.69, 9.17) is 18.3 Å². The second-order valence-corrected chi connectivity index (χ2v) is 14.3.